The summed E-state index contributed by atoms with van der Waals surface area (Å²) < 4.78 is 5.14. The van der Waals surface area contributed by atoms with Crippen LogP contribution < -0.4 is 10.1 Å². The first-order valence-corrected chi connectivity index (χ1v) is 7.29. The second-order valence-electron chi connectivity index (χ2n) is 4.38. The van der Waals surface area contributed by atoms with E-state index in [0.717, 1.165) is 18.7 Å². The van der Waals surface area contributed by atoms with Gasteiger partial charge in [-0.25, -0.2) is 9.97 Å². The normalized spacial score (nSPS) is 12.4. The number of methoxy groups -OCH3 is 1. The summed E-state index contributed by atoms with van der Waals surface area (Å²) in [6.07, 6.45) is 2.39. The highest BCUT2D eigenvalue weighted by Crippen LogP contribution is 2.24. The van der Waals surface area contributed by atoms with Crippen LogP contribution in [0.15, 0.2) is 23.2 Å². The molecule has 102 valence electrons. The number of rotatable bonds is 6. The summed E-state index contributed by atoms with van der Waals surface area (Å²) in [4.78, 5) is 8.36. The van der Waals surface area contributed by atoms with Crippen LogP contribution in [0.3, 0.4) is 0 Å². The zero-order valence-electron chi connectivity index (χ0n) is 11.5. The molecule has 0 aliphatic carbocycles. The summed E-state index contributed by atoms with van der Waals surface area (Å²) in [5.41, 5.74) is 3.67. The lowest BCUT2D eigenvalue weighted by Crippen LogP contribution is -2.23. The van der Waals surface area contributed by atoms with Gasteiger partial charge in [0.15, 0.2) is 0 Å². The van der Waals surface area contributed by atoms with Gasteiger partial charge in [0.2, 0.25) is 5.88 Å². The van der Waals surface area contributed by atoms with Crippen molar-refractivity contribution in [2.24, 2.45) is 0 Å². The minimum Gasteiger partial charge on any atom is -0.481 e. The summed E-state index contributed by atoms with van der Waals surface area (Å²) in [5, 5.41) is 7.91. The Morgan fingerprint density at radius 2 is 2.21 bits per heavy atom. The van der Waals surface area contributed by atoms with Gasteiger partial charge in [0, 0.05) is 24.2 Å². The van der Waals surface area contributed by atoms with E-state index >= 15 is 0 Å². The summed E-state index contributed by atoms with van der Waals surface area (Å²) >= 11 is 1.74. The van der Waals surface area contributed by atoms with Crippen LogP contribution in [0, 0.1) is 6.92 Å². The first kappa shape index (κ1) is 14.0. The van der Waals surface area contributed by atoms with E-state index in [2.05, 4.69) is 39.9 Å². The zero-order valence-corrected chi connectivity index (χ0v) is 12.3. The molecule has 1 N–H and O–H groups in total. The standard InChI is InChI=1S/C14H19N3OS/c1-4-15-13(12-8-19-7-10(12)2)5-11-6-14(18-3)17-9-16-11/h6-9,13,15H,4-5H2,1-3H3. The number of ether oxygens (including phenoxy) is 1. The molecule has 0 saturated carbocycles. The van der Waals surface area contributed by atoms with Crippen molar-refractivity contribution in [2.45, 2.75) is 26.3 Å². The number of hydrogen-bond acceptors (Lipinski definition) is 5. The maximum atomic E-state index is 5.14. The van der Waals surface area contributed by atoms with E-state index < -0.39 is 0 Å². The molecule has 2 aromatic rings. The van der Waals surface area contributed by atoms with E-state index in [1.54, 1.807) is 24.8 Å². The molecule has 2 rings (SSSR count). The van der Waals surface area contributed by atoms with Crippen LogP contribution in [0.25, 0.3) is 0 Å². The Morgan fingerprint density at radius 1 is 1.37 bits per heavy atom. The van der Waals surface area contributed by atoms with Gasteiger partial charge in [-0.2, -0.15) is 11.3 Å². The Balaban J connectivity index is 2.18. The number of aromatic nitrogens is 2. The highest BCUT2D eigenvalue weighted by Gasteiger charge is 2.15. The Hall–Kier alpha value is -1.46. The first-order valence-electron chi connectivity index (χ1n) is 6.35. The van der Waals surface area contributed by atoms with Gasteiger partial charge in [-0.15, -0.1) is 0 Å². The lowest BCUT2D eigenvalue weighted by atomic mass is 10.0. The average molecular weight is 277 g/mol. The van der Waals surface area contributed by atoms with E-state index in [-0.39, 0.29) is 6.04 Å². The van der Waals surface area contributed by atoms with Crippen LogP contribution in [-0.2, 0) is 6.42 Å². The molecule has 0 aromatic carbocycles. The van der Waals surface area contributed by atoms with Crippen LogP contribution in [0.4, 0.5) is 0 Å². The third-order valence-electron chi connectivity index (χ3n) is 3.04. The molecule has 4 nitrogen and oxygen atoms in total. The maximum absolute atomic E-state index is 5.14. The quantitative estimate of drug-likeness (QED) is 0.882. The van der Waals surface area contributed by atoms with Gasteiger partial charge in [-0.1, -0.05) is 6.92 Å². The highest BCUT2D eigenvalue weighted by atomic mass is 32.1. The Kier molecular flexibility index (Phi) is 4.87. The van der Waals surface area contributed by atoms with E-state index in [9.17, 15) is 0 Å². The first-order chi connectivity index (χ1) is 9.24. The van der Waals surface area contributed by atoms with Gasteiger partial charge in [0.25, 0.3) is 0 Å². The molecule has 5 heteroatoms. The van der Waals surface area contributed by atoms with Crippen LogP contribution >= 0.6 is 11.3 Å². The van der Waals surface area contributed by atoms with Crippen molar-refractivity contribution in [1.29, 1.82) is 0 Å². The van der Waals surface area contributed by atoms with Gasteiger partial charge >= 0.3 is 0 Å². The predicted octanol–water partition coefficient (Wildman–Crippen LogP) is 2.75. The minimum absolute atomic E-state index is 0.288. The molecular formula is C14H19N3OS. The van der Waals surface area contributed by atoms with Crippen molar-refractivity contribution in [2.75, 3.05) is 13.7 Å². The fourth-order valence-corrected chi connectivity index (χ4v) is 2.98. The van der Waals surface area contributed by atoms with Crippen molar-refractivity contribution in [3.05, 3.63) is 40.0 Å². The second-order valence-corrected chi connectivity index (χ2v) is 5.12. The maximum Gasteiger partial charge on any atom is 0.216 e. The van der Waals surface area contributed by atoms with Crippen molar-refractivity contribution in [1.82, 2.24) is 15.3 Å². The summed E-state index contributed by atoms with van der Waals surface area (Å²) in [6, 6.07) is 2.18. The Labute approximate surface area is 117 Å². The molecule has 2 heterocycles. The van der Waals surface area contributed by atoms with Crippen molar-refractivity contribution >= 4 is 11.3 Å². The third-order valence-corrected chi connectivity index (χ3v) is 3.92. The summed E-state index contributed by atoms with van der Waals surface area (Å²) in [5.74, 6) is 0.613. The second kappa shape index (κ2) is 6.63. The molecular weight excluding hydrogens is 258 g/mol. The summed E-state index contributed by atoms with van der Waals surface area (Å²) in [6.45, 7) is 5.20. The topological polar surface area (TPSA) is 47.0 Å². The number of nitrogens with one attached hydrogen (secondary N) is 1. The largest absolute Gasteiger partial charge is 0.481 e. The third kappa shape index (κ3) is 3.52. The minimum atomic E-state index is 0.288. The molecule has 2 aromatic heterocycles. The number of likely N-dealkylation sites (N-methyl/N-ethyl adjacent to an activating group) is 1. The van der Waals surface area contributed by atoms with E-state index in [1.165, 1.54) is 11.1 Å². The molecule has 0 aliphatic rings. The van der Waals surface area contributed by atoms with Crippen LogP contribution in [0.1, 0.15) is 29.8 Å². The molecule has 0 radical (unpaired) electrons. The van der Waals surface area contributed by atoms with Gasteiger partial charge in [0.05, 0.1) is 7.11 Å². The summed E-state index contributed by atoms with van der Waals surface area (Å²) in [7, 11) is 1.62. The van der Waals surface area contributed by atoms with Crippen LogP contribution in [0.5, 0.6) is 5.88 Å². The molecule has 0 amide bonds. The fraction of sp³-hybridized carbons (Fsp3) is 0.429. The van der Waals surface area contributed by atoms with E-state index in [0.29, 0.717) is 5.88 Å². The molecule has 0 saturated heterocycles. The van der Waals surface area contributed by atoms with Crippen molar-refractivity contribution in [3.63, 3.8) is 0 Å². The molecule has 1 atom stereocenters. The van der Waals surface area contributed by atoms with Crippen molar-refractivity contribution in [3.8, 4) is 5.88 Å². The van der Waals surface area contributed by atoms with Crippen molar-refractivity contribution < 1.29 is 4.74 Å². The van der Waals surface area contributed by atoms with Gasteiger partial charge < -0.3 is 10.1 Å². The molecule has 0 fully saturated rings. The molecule has 1 unspecified atom stereocenters. The van der Waals surface area contributed by atoms with Gasteiger partial charge in [-0.05, 0) is 35.4 Å². The van der Waals surface area contributed by atoms with Crippen LogP contribution in [-0.4, -0.2) is 23.6 Å². The lowest BCUT2D eigenvalue weighted by Gasteiger charge is -2.18. The number of aryl methyl sites for hydroxylation is 1. The molecule has 19 heavy (non-hydrogen) atoms. The number of hydrogen-bond donors (Lipinski definition) is 1. The van der Waals surface area contributed by atoms with Gasteiger partial charge in [0.1, 0.15) is 6.33 Å². The Bertz CT molecular complexity index is 527. The number of nitrogens with zero attached hydrogens (tertiary/aromatic N) is 2. The molecule has 0 spiro atoms. The monoisotopic (exact) mass is 277 g/mol. The lowest BCUT2D eigenvalue weighted by molar-refractivity contribution is 0.395. The predicted molar refractivity (Wildman–Crippen MR) is 77.8 cm³/mol. The molecule has 0 aliphatic heterocycles. The van der Waals surface area contributed by atoms with Crippen LogP contribution in [0.2, 0.25) is 0 Å². The van der Waals surface area contributed by atoms with E-state index in [1.807, 2.05) is 6.07 Å². The highest BCUT2D eigenvalue weighted by molar-refractivity contribution is 7.08. The van der Waals surface area contributed by atoms with Gasteiger partial charge in [-0.3, -0.25) is 0 Å². The Morgan fingerprint density at radius 3 is 2.84 bits per heavy atom. The fourth-order valence-electron chi connectivity index (χ4n) is 2.08. The SMILES string of the molecule is CCNC(Cc1cc(OC)ncn1)c1cscc1C. The zero-order chi connectivity index (χ0) is 13.7. The van der Waals surface area contributed by atoms with E-state index in [4.69, 9.17) is 4.74 Å². The smallest absolute Gasteiger partial charge is 0.216 e. The average Bonchev–Trinajstić information content (AvgIpc) is 2.85. The number of thiophene rings is 1. The molecule has 0 bridgehead atoms.